The van der Waals surface area contributed by atoms with Gasteiger partial charge in [-0.1, -0.05) is 23.8 Å². The second-order valence-electron chi connectivity index (χ2n) is 4.16. The Balaban J connectivity index is 2.01. The highest BCUT2D eigenvalue weighted by atomic mass is 32.2. The Morgan fingerprint density at radius 2 is 2.07 bits per heavy atom. The van der Waals surface area contributed by atoms with Crippen LogP contribution in [0.5, 0.6) is 0 Å². The number of hydrogen-bond acceptors (Lipinski definition) is 1. The van der Waals surface area contributed by atoms with Gasteiger partial charge in [-0.25, -0.2) is 0 Å². The van der Waals surface area contributed by atoms with Crippen LogP contribution in [-0.2, 0) is 10.9 Å². The number of hydrogen-bond donors (Lipinski definition) is 0. The molecule has 0 unspecified atom stereocenters. The topological polar surface area (TPSA) is 17.1 Å². The van der Waals surface area contributed by atoms with E-state index in [-0.39, 0.29) is 0 Å². The highest BCUT2D eigenvalue weighted by Crippen LogP contribution is 2.15. The van der Waals surface area contributed by atoms with Crippen molar-refractivity contribution in [1.29, 1.82) is 0 Å². The van der Waals surface area contributed by atoms with Gasteiger partial charge in [-0.05, 0) is 36.7 Å². The van der Waals surface area contributed by atoms with E-state index in [0.717, 1.165) is 11.3 Å². The van der Waals surface area contributed by atoms with Crippen molar-refractivity contribution in [2.45, 2.75) is 19.8 Å². The molecule has 0 amide bonds. The molecule has 1 aliphatic rings. The maximum absolute atomic E-state index is 12.0. The van der Waals surface area contributed by atoms with Crippen molar-refractivity contribution in [3.05, 3.63) is 35.4 Å². The predicted molar refractivity (Wildman–Crippen MR) is 66.7 cm³/mol. The second kappa shape index (κ2) is 4.84. The van der Waals surface area contributed by atoms with E-state index < -0.39 is 0 Å². The lowest BCUT2D eigenvalue weighted by molar-refractivity contribution is 0.102. The minimum atomic E-state index is 0.337. The average molecular weight is 221 g/mol. The van der Waals surface area contributed by atoms with Gasteiger partial charge in [0.2, 0.25) is 5.78 Å². The van der Waals surface area contributed by atoms with Crippen LogP contribution in [0.25, 0.3) is 0 Å². The molecule has 0 aliphatic carbocycles. The number of Topliss-reactive ketones (excluding diaryl/α,β-unsaturated/α-hetero) is 1. The third-order valence-electron chi connectivity index (χ3n) is 2.79. The van der Waals surface area contributed by atoms with Crippen molar-refractivity contribution < 1.29 is 4.79 Å². The SMILES string of the molecule is Cc1cccc(C(=O)C[S+]2CCCC2)c1. The molecule has 2 rings (SSSR count). The van der Waals surface area contributed by atoms with E-state index in [1.54, 1.807) is 0 Å². The van der Waals surface area contributed by atoms with Crippen LogP contribution < -0.4 is 0 Å². The molecular weight excluding hydrogens is 204 g/mol. The zero-order valence-corrected chi connectivity index (χ0v) is 9.98. The molecular formula is C13H17OS+. The lowest BCUT2D eigenvalue weighted by Gasteiger charge is -2.01. The summed E-state index contributed by atoms with van der Waals surface area (Å²) in [7, 11) is 0.386. The van der Waals surface area contributed by atoms with Gasteiger partial charge < -0.3 is 0 Å². The number of aryl methyl sites for hydroxylation is 1. The monoisotopic (exact) mass is 221 g/mol. The molecule has 1 heterocycles. The van der Waals surface area contributed by atoms with Crippen LogP contribution in [0.15, 0.2) is 24.3 Å². The van der Waals surface area contributed by atoms with Gasteiger partial charge in [0.05, 0.1) is 0 Å². The van der Waals surface area contributed by atoms with Crippen LogP contribution in [0, 0.1) is 6.92 Å². The van der Waals surface area contributed by atoms with Gasteiger partial charge in [-0.2, -0.15) is 0 Å². The molecule has 0 aromatic heterocycles. The van der Waals surface area contributed by atoms with Crippen molar-refractivity contribution in [3.63, 3.8) is 0 Å². The highest BCUT2D eigenvalue weighted by Gasteiger charge is 2.27. The molecule has 1 saturated heterocycles. The third-order valence-corrected chi connectivity index (χ3v) is 5.19. The molecule has 0 N–H and O–H groups in total. The Labute approximate surface area is 94.2 Å². The smallest absolute Gasteiger partial charge is 0.211 e. The molecule has 0 saturated carbocycles. The summed E-state index contributed by atoms with van der Waals surface area (Å²) in [5.74, 6) is 3.67. The normalized spacial score (nSPS) is 16.9. The molecule has 0 bridgehead atoms. The van der Waals surface area contributed by atoms with E-state index in [1.807, 2.05) is 31.2 Å². The lowest BCUT2D eigenvalue weighted by Crippen LogP contribution is -2.17. The van der Waals surface area contributed by atoms with Gasteiger partial charge in [0.25, 0.3) is 0 Å². The van der Waals surface area contributed by atoms with Crippen LogP contribution in [0.3, 0.4) is 0 Å². The van der Waals surface area contributed by atoms with Gasteiger partial charge in [0.15, 0.2) is 5.75 Å². The fraction of sp³-hybridized carbons (Fsp3) is 0.462. The molecule has 2 heteroatoms. The zero-order chi connectivity index (χ0) is 10.7. The Morgan fingerprint density at radius 3 is 2.73 bits per heavy atom. The first kappa shape index (κ1) is 10.7. The third kappa shape index (κ3) is 2.85. The Hall–Kier alpha value is -0.760. The largest absolute Gasteiger partial charge is 0.289 e. The van der Waals surface area contributed by atoms with Crippen LogP contribution in [0.2, 0.25) is 0 Å². The van der Waals surface area contributed by atoms with Crippen LogP contribution in [0.1, 0.15) is 28.8 Å². The van der Waals surface area contributed by atoms with Gasteiger partial charge in [0, 0.05) is 5.56 Å². The molecule has 0 atom stereocenters. The van der Waals surface area contributed by atoms with E-state index in [4.69, 9.17) is 0 Å². The van der Waals surface area contributed by atoms with Crippen molar-refractivity contribution in [2.75, 3.05) is 17.3 Å². The Bertz CT molecular complexity index is 353. The zero-order valence-electron chi connectivity index (χ0n) is 9.16. The van der Waals surface area contributed by atoms with Crippen LogP contribution in [0.4, 0.5) is 0 Å². The molecule has 1 aliphatic heterocycles. The maximum atomic E-state index is 12.0. The molecule has 0 radical (unpaired) electrons. The fourth-order valence-corrected chi connectivity index (χ4v) is 4.20. The van der Waals surface area contributed by atoms with Crippen molar-refractivity contribution in [3.8, 4) is 0 Å². The lowest BCUT2D eigenvalue weighted by atomic mass is 10.1. The first-order valence-corrected chi connectivity index (χ1v) is 7.23. The van der Waals surface area contributed by atoms with Gasteiger partial charge >= 0.3 is 0 Å². The number of ketones is 1. The average Bonchev–Trinajstić information content (AvgIpc) is 2.70. The van der Waals surface area contributed by atoms with E-state index in [9.17, 15) is 4.79 Å². The fourth-order valence-electron chi connectivity index (χ4n) is 1.95. The summed E-state index contributed by atoms with van der Waals surface area (Å²) in [6.45, 7) is 2.04. The van der Waals surface area contributed by atoms with Crippen LogP contribution in [-0.4, -0.2) is 23.0 Å². The molecule has 0 spiro atoms. The van der Waals surface area contributed by atoms with E-state index in [1.165, 1.54) is 29.9 Å². The number of rotatable bonds is 3. The van der Waals surface area contributed by atoms with Crippen molar-refractivity contribution in [2.24, 2.45) is 0 Å². The molecule has 1 nitrogen and oxygen atoms in total. The standard InChI is InChI=1S/C13H17OS/c1-11-5-4-6-12(9-11)13(14)10-15-7-2-3-8-15/h4-6,9H,2-3,7-8,10H2,1H3/q+1. The van der Waals surface area contributed by atoms with Crippen molar-refractivity contribution >= 4 is 16.7 Å². The summed E-state index contributed by atoms with van der Waals surface area (Å²) in [6.07, 6.45) is 2.65. The van der Waals surface area contributed by atoms with E-state index in [0.29, 0.717) is 16.7 Å². The summed E-state index contributed by atoms with van der Waals surface area (Å²) < 4.78 is 0. The Kier molecular flexibility index (Phi) is 3.47. The number of carbonyl (C=O) groups excluding carboxylic acids is 1. The quantitative estimate of drug-likeness (QED) is 0.566. The summed E-state index contributed by atoms with van der Waals surface area (Å²) in [6, 6.07) is 7.95. The summed E-state index contributed by atoms with van der Waals surface area (Å²) in [5.41, 5.74) is 2.07. The van der Waals surface area contributed by atoms with Crippen molar-refractivity contribution in [1.82, 2.24) is 0 Å². The molecule has 1 aromatic carbocycles. The van der Waals surface area contributed by atoms with Gasteiger partial charge in [0.1, 0.15) is 11.5 Å². The summed E-state index contributed by atoms with van der Waals surface area (Å²) in [4.78, 5) is 12.0. The summed E-state index contributed by atoms with van der Waals surface area (Å²) in [5, 5.41) is 0. The first-order valence-electron chi connectivity index (χ1n) is 5.50. The predicted octanol–water partition coefficient (Wildman–Crippen LogP) is 2.59. The molecule has 80 valence electrons. The number of carbonyl (C=O) groups is 1. The van der Waals surface area contributed by atoms with Crippen LogP contribution >= 0.6 is 0 Å². The molecule has 1 fully saturated rings. The first-order chi connectivity index (χ1) is 7.25. The second-order valence-corrected chi connectivity index (χ2v) is 6.49. The van der Waals surface area contributed by atoms with Gasteiger partial charge in [-0.15, -0.1) is 0 Å². The highest BCUT2D eigenvalue weighted by molar-refractivity contribution is 7.97. The molecule has 15 heavy (non-hydrogen) atoms. The Morgan fingerprint density at radius 1 is 1.33 bits per heavy atom. The minimum absolute atomic E-state index is 0.337. The summed E-state index contributed by atoms with van der Waals surface area (Å²) >= 11 is 0. The van der Waals surface area contributed by atoms with E-state index >= 15 is 0 Å². The molecule has 1 aromatic rings. The van der Waals surface area contributed by atoms with E-state index in [2.05, 4.69) is 0 Å². The maximum Gasteiger partial charge on any atom is 0.211 e. The minimum Gasteiger partial charge on any atom is -0.289 e. The van der Waals surface area contributed by atoms with Gasteiger partial charge in [-0.3, -0.25) is 4.79 Å². The number of benzene rings is 1.